The van der Waals surface area contributed by atoms with E-state index in [2.05, 4.69) is 20.8 Å². The van der Waals surface area contributed by atoms with Gasteiger partial charge in [0.15, 0.2) is 5.82 Å². The quantitative estimate of drug-likeness (QED) is 0.641. The Labute approximate surface area is 122 Å². The zero-order chi connectivity index (χ0) is 15.4. The summed E-state index contributed by atoms with van der Waals surface area (Å²) in [6, 6.07) is 5.05. The van der Waals surface area contributed by atoms with Crippen LogP contribution in [0.3, 0.4) is 0 Å². The maximum absolute atomic E-state index is 11.0. The number of tetrazole rings is 1. The molecule has 1 unspecified atom stereocenters. The minimum absolute atomic E-state index is 0.0176. The Bertz CT molecular complexity index is 639. The number of rotatable bonds is 6. The summed E-state index contributed by atoms with van der Waals surface area (Å²) in [5.74, 6) is 0.711. The van der Waals surface area contributed by atoms with Gasteiger partial charge in [-0.2, -0.15) is 0 Å². The smallest absolute Gasteiger partial charge is 0.272 e. The van der Waals surface area contributed by atoms with Crippen LogP contribution in [0.15, 0.2) is 18.2 Å². The van der Waals surface area contributed by atoms with Crippen LogP contribution in [0.4, 0.5) is 5.69 Å². The van der Waals surface area contributed by atoms with E-state index in [9.17, 15) is 10.1 Å². The maximum Gasteiger partial charge on any atom is 0.272 e. The lowest BCUT2D eigenvalue weighted by Gasteiger charge is -2.13. The summed E-state index contributed by atoms with van der Waals surface area (Å²) in [4.78, 5) is 10.6. The van der Waals surface area contributed by atoms with Crippen LogP contribution >= 0.6 is 0 Å². The number of nitro benzene ring substituents is 1. The lowest BCUT2D eigenvalue weighted by molar-refractivity contribution is -0.385. The molecule has 8 heteroatoms. The van der Waals surface area contributed by atoms with Gasteiger partial charge in [0, 0.05) is 11.6 Å². The highest BCUT2D eigenvalue weighted by atomic mass is 16.6. The van der Waals surface area contributed by atoms with Crippen molar-refractivity contribution in [3.63, 3.8) is 0 Å². The Morgan fingerprint density at radius 1 is 1.48 bits per heavy atom. The second-order valence-corrected chi connectivity index (χ2v) is 4.79. The standard InChI is InChI=1S/C13H18N6O2/c1-4-14-10(3)13-15-16-17-18(13)8-11-6-5-7-12(9(11)2)19(20)21/h5-7,10,14H,4,8H2,1-3H3. The summed E-state index contributed by atoms with van der Waals surface area (Å²) < 4.78 is 1.67. The monoisotopic (exact) mass is 290 g/mol. The maximum atomic E-state index is 11.0. The number of nitrogens with zero attached hydrogens (tertiary/aromatic N) is 5. The van der Waals surface area contributed by atoms with Crippen LogP contribution in [0, 0.1) is 17.0 Å². The van der Waals surface area contributed by atoms with Gasteiger partial charge in [0.05, 0.1) is 17.5 Å². The van der Waals surface area contributed by atoms with Gasteiger partial charge in [-0.25, -0.2) is 4.68 Å². The van der Waals surface area contributed by atoms with Crippen molar-refractivity contribution in [2.45, 2.75) is 33.4 Å². The molecule has 2 rings (SSSR count). The molecule has 0 fully saturated rings. The molecule has 112 valence electrons. The fraction of sp³-hybridized carbons (Fsp3) is 0.462. The summed E-state index contributed by atoms with van der Waals surface area (Å²) >= 11 is 0. The van der Waals surface area contributed by atoms with Gasteiger partial charge in [-0.1, -0.05) is 19.1 Å². The molecule has 1 N–H and O–H groups in total. The molecule has 0 radical (unpaired) electrons. The van der Waals surface area contributed by atoms with Crippen molar-refractivity contribution in [1.82, 2.24) is 25.5 Å². The first kappa shape index (κ1) is 15.0. The molecule has 1 heterocycles. The largest absolute Gasteiger partial charge is 0.308 e. The van der Waals surface area contributed by atoms with Crippen LogP contribution < -0.4 is 5.32 Å². The van der Waals surface area contributed by atoms with E-state index >= 15 is 0 Å². The average Bonchev–Trinajstić information content (AvgIpc) is 2.89. The fourth-order valence-corrected chi connectivity index (χ4v) is 2.23. The Kier molecular flexibility index (Phi) is 4.59. The molecule has 2 aromatic rings. The molecule has 0 saturated carbocycles. The van der Waals surface area contributed by atoms with Gasteiger partial charge >= 0.3 is 0 Å². The summed E-state index contributed by atoms with van der Waals surface area (Å²) in [7, 11) is 0. The molecular weight excluding hydrogens is 272 g/mol. The molecule has 0 aliphatic heterocycles. The highest BCUT2D eigenvalue weighted by molar-refractivity contribution is 5.44. The summed E-state index contributed by atoms with van der Waals surface area (Å²) in [6.45, 7) is 6.95. The normalized spacial score (nSPS) is 12.3. The van der Waals surface area contributed by atoms with Crippen LogP contribution in [0.1, 0.15) is 36.8 Å². The van der Waals surface area contributed by atoms with E-state index in [1.807, 2.05) is 19.9 Å². The van der Waals surface area contributed by atoms with Gasteiger partial charge in [-0.15, -0.1) is 5.10 Å². The van der Waals surface area contributed by atoms with Crippen LogP contribution in [0.25, 0.3) is 0 Å². The number of hydrogen-bond donors (Lipinski definition) is 1. The second kappa shape index (κ2) is 6.40. The zero-order valence-corrected chi connectivity index (χ0v) is 12.3. The molecule has 8 nitrogen and oxygen atoms in total. The SMILES string of the molecule is CCNC(C)c1nnnn1Cc1cccc([N+](=O)[O-])c1C. The van der Waals surface area contributed by atoms with E-state index < -0.39 is 0 Å². The lowest BCUT2D eigenvalue weighted by Crippen LogP contribution is -2.22. The molecule has 0 amide bonds. The van der Waals surface area contributed by atoms with Crippen molar-refractivity contribution in [3.8, 4) is 0 Å². The van der Waals surface area contributed by atoms with Crippen molar-refractivity contribution in [2.24, 2.45) is 0 Å². The molecule has 21 heavy (non-hydrogen) atoms. The van der Waals surface area contributed by atoms with Crippen molar-refractivity contribution >= 4 is 5.69 Å². The summed E-state index contributed by atoms with van der Waals surface area (Å²) in [6.07, 6.45) is 0. The van der Waals surface area contributed by atoms with Crippen molar-refractivity contribution < 1.29 is 4.92 Å². The number of benzene rings is 1. The van der Waals surface area contributed by atoms with Crippen molar-refractivity contribution in [1.29, 1.82) is 0 Å². The van der Waals surface area contributed by atoms with Crippen molar-refractivity contribution in [2.75, 3.05) is 6.54 Å². The van der Waals surface area contributed by atoms with Crippen LogP contribution in [-0.2, 0) is 6.54 Å². The molecule has 0 saturated heterocycles. The summed E-state index contributed by atoms with van der Waals surface area (Å²) in [5.41, 5.74) is 1.59. The van der Waals surface area contributed by atoms with Crippen molar-refractivity contribution in [3.05, 3.63) is 45.3 Å². The second-order valence-electron chi connectivity index (χ2n) is 4.79. The molecule has 1 aromatic heterocycles. The minimum Gasteiger partial charge on any atom is -0.308 e. The van der Waals surface area contributed by atoms with Crippen LogP contribution in [-0.4, -0.2) is 31.7 Å². The predicted octanol–water partition coefficient (Wildman–Crippen LogP) is 1.61. The molecule has 0 aliphatic rings. The first-order valence-electron chi connectivity index (χ1n) is 6.77. The number of hydrogen-bond acceptors (Lipinski definition) is 6. The van der Waals surface area contributed by atoms with Gasteiger partial charge < -0.3 is 5.32 Å². The molecule has 0 spiro atoms. The zero-order valence-electron chi connectivity index (χ0n) is 12.3. The summed E-state index contributed by atoms with van der Waals surface area (Å²) in [5, 5.41) is 25.9. The Morgan fingerprint density at radius 2 is 2.24 bits per heavy atom. The van der Waals surface area contributed by atoms with Gasteiger partial charge in [0.2, 0.25) is 0 Å². The van der Waals surface area contributed by atoms with E-state index in [0.717, 1.165) is 12.1 Å². The number of aromatic nitrogens is 4. The predicted molar refractivity (Wildman–Crippen MR) is 76.8 cm³/mol. The third-order valence-electron chi connectivity index (χ3n) is 3.39. The number of nitrogens with one attached hydrogen (secondary N) is 1. The average molecular weight is 290 g/mol. The highest BCUT2D eigenvalue weighted by Gasteiger charge is 2.17. The van der Waals surface area contributed by atoms with Crippen LogP contribution in [0.2, 0.25) is 0 Å². The lowest BCUT2D eigenvalue weighted by atomic mass is 10.1. The minimum atomic E-state index is -0.374. The molecule has 0 bridgehead atoms. The third kappa shape index (κ3) is 3.22. The van der Waals surface area contributed by atoms with E-state index in [-0.39, 0.29) is 16.7 Å². The van der Waals surface area contributed by atoms with Crippen LogP contribution in [0.5, 0.6) is 0 Å². The van der Waals surface area contributed by atoms with E-state index in [0.29, 0.717) is 17.9 Å². The fourth-order valence-electron chi connectivity index (χ4n) is 2.23. The van der Waals surface area contributed by atoms with Gasteiger partial charge in [-0.05, 0) is 36.4 Å². The van der Waals surface area contributed by atoms with Gasteiger partial charge in [0.25, 0.3) is 5.69 Å². The topological polar surface area (TPSA) is 98.8 Å². The molecular formula is C13H18N6O2. The molecule has 1 aromatic carbocycles. The highest BCUT2D eigenvalue weighted by Crippen LogP contribution is 2.22. The Hall–Kier alpha value is -2.35. The number of nitro groups is 1. The van der Waals surface area contributed by atoms with Gasteiger partial charge in [-0.3, -0.25) is 10.1 Å². The van der Waals surface area contributed by atoms with E-state index in [4.69, 9.17) is 0 Å². The Morgan fingerprint density at radius 3 is 2.90 bits per heavy atom. The van der Waals surface area contributed by atoms with E-state index in [1.165, 1.54) is 6.07 Å². The van der Waals surface area contributed by atoms with E-state index in [1.54, 1.807) is 17.7 Å². The third-order valence-corrected chi connectivity index (χ3v) is 3.39. The Balaban J connectivity index is 2.29. The first-order chi connectivity index (χ1) is 10.0. The molecule has 0 aliphatic carbocycles. The van der Waals surface area contributed by atoms with Gasteiger partial charge in [0.1, 0.15) is 0 Å². The molecule has 1 atom stereocenters. The first-order valence-corrected chi connectivity index (χ1v) is 6.77.